The van der Waals surface area contributed by atoms with Crippen LogP contribution in [0, 0.1) is 6.92 Å². The van der Waals surface area contributed by atoms with Crippen LogP contribution < -0.4 is 15.8 Å². The Morgan fingerprint density at radius 1 is 1.44 bits per heavy atom. The number of carbonyl (C=O) groups is 1. The molecule has 0 radical (unpaired) electrons. The number of aromatic nitrogens is 1. The van der Waals surface area contributed by atoms with Crippen molar-refractivity contribution >= 4 is 11.7 Å². The lowest BCUT2D eigenvalue weighted by atomic mass is 10.2. The monoisotopic (exact) mass is 251 g/mol. The van der Waals surface area contributed by atoms with Crippen molar-refractivity contribution in [2.75, 3.05) is 12.3 Å². The molecule has 1 amide bonds. The molecule has 5 heteroatoms. The molecule has 0 spiro atoms. The van der Waals surface area contributed by atoms with Crippen molar-refractivity contribution in [3.63, 3.8) is 0 Å². The van der Waals surface area contributed by atoms with Crippen molar-refractivity contribution < 1.29 is 9.53 Å². The van der Waals surface area contributed by atoms with E-state index in [1.54, 1.807) is 12.1 Å². The molecule has 0 bridgehead atoms. The zero-order valence-electron chi connectivity index (χ0n) is 11.2. The van der Waals surface area contributed by atoms with Gasteiger partial charge in [-0.05, 0) is 31.9 Å². The number of amides is 1. The van der Waals surface area contributed by atoms with Gasteiger partial charge in [0.25, 0.3) is 5.91 Å². The van der Waals surface area contributed by atoms with Gasteiger partial charge in [0.05, 0.1) is 0 Å². The lowest BCUT2D eigenvalue weighted by molar-refractivity contribution is -0.123. The smallest absolute Gasteiger partial charge is 0.258 e. The molecule has 5 nitrogen and oxygen atoms in total. The van der Waals surface area contributed by atoms with Crippen LogP contribution in [0.3, 0.4) is 0 Å². The van der Waals surface area contributed by atoms with Gasteiger partial charge in [-0.3, -0.25) is 4.79 Å². The van der Waals surface area contributed by atoms with E-state index >= 15 is 0 Å². The number of pyridine rings is 1. The third-order valence-corrected chi connectivity index (χ3v) is 2.73. The molecule has 1 heterocycles. The lowest BCUT2D eigenvalue weighted by Gasteiger charge is -2.15. The second kappa shape index (κ2) is 6.83. The first-order valence-electron chi connectivity index (χ1n) is 6.22. The molecule has 0 saturated carbocycles. The molecule has 0 aliphatic rings. The van der Waals surface area contributed by atoms with E-state index in [1.807, 2.05) is 20.8 Å². The van der Waals surface area contributed by atoms with Gasteiger partial charge in [-0.1, -0.05) is 13.8 Å². The third-order valence-electron chi connectivity index (χ3n) is 2.73. The van der Waals surface area contributed by atoms with Gasteiger partial charge in [-0.15, -0.1) is 0 Å². The number of hydrogen-bond donors (Lipinski definition) is 2. The van der Waals surface area contributed by atoms with Gasteiger partial charge in [-0.25, -0.2) is 4.98 Å². The minimum atomic E-state index is -0.135. The van der Waals surface area contributed by atoms with Crippen molar-refractivity contribution in [1.29, 1.82) is 0 Å². The third kappa shape index (κ3) is 4.24. The zero-order chi connectivity index (χ0) is 13.5. The number of rotatable bonds is 6. The number of hydrogen-bond acceptors (Lipinski definition) is 4. The first-order chi connectivity index (χ1) is 8.56. The Morgan fingerprint density at radius 2 is 2.11 bits per heavy atom. The van der Waals surface area contributed by atoms with E-state index in [4.69, 9.17) is 10.5 Å². The number of nitrogens with zero attached hydrogens (tertiary/aromatic N) is 1. The second-order valence-electron chi connectivity index (χ2n) is 4.21. The summed E-state index contributed by atoms with van der Waals surface area (Å²) in [4.78, 5) is 15.7. The topological polar surface area (TPSA) is 77.2 Å². The Labute approximate surface area is 108 Å². The fraction of sp³-hybridized carbons (Fsp3) is 0.538. The lowest BCUT2D eigenvalue weighted by Crippen LogP contribution is -2.37. The molecule has 3 N–H and O–H groups in total. The van der Waals surface area contributed by atoms with Crippen LogP contribution in [-0.4, -0.2) is 23.5 Å². The molecule has 0 unspecified atom stereocenters. The largest absolute Gasteiger partial charge is 0.480 e. The van der Waals surface area contributed by atoms with Crippen LogP contribution in [-0.2, 0) is 4.79 Å². The Balaban J connectivity index is 2.47. The van der Waals surface area contributed by atoms with Crippen molar-refractivity contribution in [2.24, 2.45) is 0 Å². The van der Waals surface area contributed by atoms with Crippen LogP contribution in [0.5, 0.6) is 5.75 Å². The summed E-state index contributed by atoms with van der Waals surface area (Å²) in [5.41, 5.74) is 6.51. The van der Waals surface area contributed by atoms with Gasteiger partial charge in [0.15, 0.2) is 18.2 Å². The van der Waals surface area contributed by atoms with E-state index in [0.717, 1.165) is 18.5 Å². The van der Waals surface area contributed by atoms with Crippen LogP contribution in [0.25, 0.3) is 0 Å². The number of carbonyl (C=O) groups excluding carboxylic acids is 1. The van der Waals surface area contributed by atoms with Crippen LogP contribution in [0.1, 0.15) is 32.4 Å². The van der Waals surface area contributed by atoms with E-state index in [0.29, 0.717) is 11.6 Å². The maximum Gasteiger partial charge on any atom is 0.258 e. The summed E-state index contributed by atoms with van der Waals surface area (Å²) in [6, 6.07) is 3.72. The Hall–Kier alpha value is -1.78. The van der Waals surface area contributed by atoms with Gasteiger partial charge >= 0.3 is 0 Å². The average Bonchev–Trinajstić information content (AvgIpc) is 2.35. The maximum absolute atomic E-state index is 11.6. The highest BCUT2D eigenvalue weighted by atomic mass is 16.5. The molecule has 1 aromatic rings. The minimum Gasteiger partial charge on any atom is -0.480 e. The van der Waals surface area contributed by atoms with Crippen LogP contribution in [0.15, 0.2) is 12.1 Å². The number of aryl methyl sites for hydroxylation is 1. The normalized spacial score (nSPS) is 10.4. The van der Waals surface area contributed by atoms with Gasteiger partial charge in [-0.2, -0.15) is 0 Å². The van der Waals surface area contributed by atoms with Gasteiger partial charge in [0, 0.05) is 11.7 Å². The predicted octanol–water partition coefficient (Wildman–Crippen LogP) is 1.66. The molecule has 0 aromatic carbocycles. The molecule has 1 rings (SSSR count). The summed E-state index contributed by atoms with van der Waals surface area (Å²) in [6.07, 6.45) is 1.83. The summed E-state index contributed by atoms with van der Waals surface area (Å²) in [7, 11) is 0. The maximum atomic E-state index is 11.6. The number of nitrogens with two attached hydrogens (primary N) is 1. The quantitative estimate of drug-likeness (QED) is 0.806. The van der Waals surface area contributed by atoms with Crippen LogP contribution >= 0.6 is 0 Å². The Morgan fingerprint density at radius 3 is 2.67 bits per heavy atom. The van der Waals surface area contributed by atoms with E-state index in [9.17, 15) is 4.79 Å². The molecular formula is C13H21N3O2. The van der Waals surface area contributed by atoms with Gasteiger partial charge in [0.2, 0.25) is 0 Å². The fourth-order valence-corrected chi connectivity index (χ4v) is 1.59. The molecular weight excluding hydrogens is 230 g/mol. The number of anilines is 1. The summed E-state index contributed by atoms with van der Waals surface area (Å²) in [6.45, 7) is 5.89. The average molecular weight is 251 g/mol. The standard InChI is InChI=1S/C13H21N3O2/c1-4-10(5-2)16-12(17)8-18-11-7-6-9(3)15-13(11)14/h6-7,10H,4-5,8H2,1-3H3,(H2,14,15)(H,16,17). The van der Waals surface area contributed by atoms with Crippen LogP contribution in [0.4, 0.5) is 5.82 Å². The highest BCUT2D eigenvalue weighted by Gasteiger charge is 2.10. The predicted molar refractivity (Wildman–Crippen MR) is 71.4 cm³/mol. The van der Waals surface area contributed by atoms with Gasteiger partial charge in [0.1, 0.15) is 0 Å². The molecule has 0 aliphatic carbocycles. The number of ether oxygens (including phenoxy) is 1. The van der Waals surface area contributed by atoms with E-state index in [1.165, 1.54) is 0 Å². The van der Waals surface area contributed by atoms with E-state index in [2.05, 4.69) is 10.3 Å². The summed E-state index contributed by atoms with van der Waals surface area (Å²) in [5.74, 6) is 0.620. The molecule has 100 valence electrons. The van der Waals surface area contributed by atoms with Crippen molar-refractivity contribution in [3.05, 3.63) is 17.8 Å². The molecule has 0 fully saturated rings. The Kier molecular flexibility index (Phi) is 5.42. The molecule has 0 atom stereocenters. The molecule has 0 saturated heterocycles. The minimum absolute atomic E-state index is 0.0363. The van der Waals surface area contributed by atoms with Crippen molar-refractivity contribution in [2.45, 2.75) is 39.7 Å². The number of nitrogen functional groups attached to an aromatic ring is 1. The summed E-state index contributed by atoms with van der Waals surface area (Å²) in [5, 5.41) is 2.89. The highest BCUT2D eigenvalue weighted by Crippen LogP contribution is 2.18. The summed E-state index contributed by atoms with van der Waals surface area (Å²) >= 11 is 0. The first-order valence-corrected chi connectivity index (χ1v) is 6.22. The summed E-state index contributed by atoms with van der Waals surface area (Å²) < 4.78 is 5.34. The second-order valence-corrected chi connectivity index (χ2v) is 4.21. The van der Waals surface area contributed by atoms with Gasteiger partial charge < -0.3 is 15.8 Å². The van der Waals surface area contributed by atoms with E-state index in [-0.39, 0.29) is 18.6 Å². The molecule has 1 aromatic heterocycles. The van der Waals surface area contributed by atoms with Crippen molar-refractivity contribution in [1.82, 2.24) is 10.3 Å². The number of nitrogens with one attached hydrogen (secondary N) is 1. The fourth-order valence-electron chi connectivity index (χ4n) is 1.59. The zero-order valence-corrected chi connectivity index (χ0v) is 11.2. The van der Waals surface area contributed by atoms with Crippen LogP contribution in [0.2, 0.25) is 0 Å². The van der Waals surface area contributed by atoms with Crippen molar-refractivity contribution in [3.8, 4) is 5.75 Å². The highest BCUT2D eigenvalue weighted by molar-refractivity contribution is 5.78. The van der Waals surface area contributed by atoms with E-state index < -0.39 is 0 Å². The molecule has 18 heavy (non-hydrogen) atoms. The Bertz CT molecular complexity index is 403. The SMILES string of the molecule is CCC(CC)NC(=O)COc1ccc(C)nc1N. The first kappa shape index (κ1) is 14.3. The molecule has 0 aliphatic heterocycles.